The zero-order valence-corrected chi connectivity index (χ0v) is 19.4. The van der Waals surface area contributed by atoms with Crippen molar-refractivity contribution in [2.75, 3.05) is 20.0 Å². The van der Waals surface area contributed by atoms with Crippen LogP contribution >= 0.6 is 0 Å². The van der Waals surface area contributed by atoms with Gasteiger partial charge in [0.2, 0.25) is 0 Å². The molecule has 0 radical (unpaired) electrons. The quantitative estimate of drug-likeness (QED) is 0.376. The third-order valence-electron chi connectivity index (χ3n) is 5.67. The van der Waals surface area contributed by atoms with Crippen molar-refractivity contribution in [2.45, 2.75) is 44.3 Å². The van der Waals surface area contributed by atoms with E-state index in [0.29, 0.717) is 12.8 Å². The Morgan fingerprint density at radius 3 is 2.47 bits per heavy atom. The summed E-state index contributed by atoms with van der Waals surface area (Å²) in [6.07, 6.45) is 4.24. The van der Waals surface area contributed by atoms with E-state index in [9.17, 15) is 26.8 Å². The average molecular weight is 471 g/mol. The summed E-state index contributed by atoms with van der Waals surface area (Å²) in [6, 6.07) is 3.94. The van der Waals surface area contributed by atoms with E-state index in [-0.39, 0.29) is 42.1 Å². The second-order valence-electron chi connectivity index (χ2n) is 7.90. The Hall–Kier alpha value is -2.55. The second-order valence-corrected chi connectivity index (χ2v) is 10.3. The second kappa shape index (κ2) is 10.4. The fourth-order valence-electron chi connectivity index (χ4n) is 3.49. The number of sulfone groups is 1. The number of rotatable bonds is 10. The van der Waals surface area contributed by atoms with E-state index in [0.717, 1.165) is 24.5 Å². The van der Waals surface area contributed by atoms with E-state index < -0.39 is 38.1 Å². The number of allylic oxidation sites excluding steroid dienone is 4. The molecule has 0 heterocycles. The number of ketones is 1. The van der Waals surface area contributed by atoms with Crippen molar-refractivity contribution < 1.29 is 36.3 Å². The standard InChI is InChI=1S/C23H28F2O6S/c1-5-31-22(27)23(2,32(4,28)29)11-7-6-8-15-12-19(24)18(14-21(15)26)17-10-9-16(30-3)13-20(17)25/h9-10,12-15H,5-8,11H2,1-4H3/t15-,23?/m0/s1. The van der Waals surface area contributed by atoms with Gasteiger partial charge in [0.05, 0.1) is 13.7 Å². The molecule has 1 aliphatic rings. The number of hydrogen-bond donors (Lipinski definition) is 0. The van der Waals surface area contributed by atoms with Crippen LogP contribution in [-0.2, 0) is 24.2 Å². The van der Waals surface area contributed by atoms with Gasteiger partial charge >= 0.3 is 5.97 Å². The molecule has 1 unspecified atom stereocenters. The molecule has 0 amide bonds. The molecule has 6 nitrogen and oxygen atoms in total. The first-order valence-electron chi connectivity index (χ1n) is 10.3. The molecule has 0 bridgehead atoms. The fraction of sp³-hybridized carbons (Fsp3) is 0.478. The topological polar surface area (TPSA) is 86.7 Å². The molecular formula is C23H28F2O6S. The Bertz CT molecular complexity index is 1040. The van der Waals surface area contributed by atoms with Crippen LogP contribution in [0, 0.1) is 11.7 Å². The number of carbonyl (C=O) groups is 2. The molecule has 0 saturated carbocycles. The molecule has 0 saturated heterocycles. The van der Waals surface area contributed by atoms with Crippen molar-refractivity contribution >= 4 is 27.2 Å². The maximum atomic E-state index is 14.7. The lowest BCUT2D eigenvalue weighted by Gasteiger charge is -2.25. The van der Waals surface area contributed by atoms with Crippen LogP contribution in [-0.4, -0.2) is 44.9 Å². The van der Waals surface area contributed by atoms with Gasteiger partial charge in [-0.25, -0.2) is 17.2 Å². The smallest absolute Gasteiger partial charge is 0.327 e. The predicted molar refractivity (Wildman–Crippen MR) is 117 cm³/mol. The summed E-state index contributed by atoms with van der Waals surface area (Å²) < 4.78 is 61.4. The molecule has 176 valence electrons. The third kappa shape index (κ3) is 5.62. The molecule has 2 atom stereocenters. The van der Waals surface area contributed by atoms with Crippen LogP contribution in [0.3, 0.4) is 0 Å². The van der Waals surface area contributed by atoms with Gasteiger partial charge in [0.25, 0.3) is 0 Å². The number of halogens is 2. The minimum absolute atomic E-state index is 0.0237. The highest BCUT2D eigenvalue weighted by Crippen LogP contribution is 2.34. The largest absolute Gasteiger partial charge is 0.497 e. The summed E-state index contributed by atoms with van der Waals surface area (Å²) in [5.74, 6) is -3.05. The summed E-state index contributed by atoms with van der Waals surface area (Å²) >= 11 is 0. The SMILES string of the molecule is CCOC(=O)C(C)(CCCC[C@H]1C=C(F)C(c2ccc(OC)cc2F)=CC1=O)S(C)(=O)=O. The van der Waals surface area contributed by atoms with E-state index in [4.69, 9.17) is 9.47 Å². The summed E-state index contributed by atoms with van der Waals surface area (Å²) in [5, 5.41) is 0. The van der Waals surface area contributed by atoms with Crippen LogP contribution in [0.2, 0.25) is 0 Å². The van der Waals surface area contributed by atoms with Crippen LogP contribution < -0.4 is 4.74 Å². The van der Waals surface area contributed by atoms with Gasteiger partial charge in [-0.15, -0.1) is 0 Å². The van der Waals surface area contributed by atoms with Crippen LogP contribution in [0.5, 0.6) is 5.75 Å². The van der Waals surface area contributed by atoms with Crippen LogP contribution in [0.15, 0.2) is 36.2 Å². The predicted octanol–water partition coefficient (Wildman–Crippen LogP) is 4.20. The highest BCUT2D eigenvalue weighted by atomic mass is 32.2. The lowest BCUT2D eigenvalue weighted by molar-refractivity contribution is -0.146. The number of methoxy groups -OCH3 is 1. The minimum Gasteiger partial charge on any atom is -0.497 e. The van der Waals surface area contributed by atoms with Gasteiger partial charge in [-0.2, -0.15) is 0 Å². The summed E-state index contributed by atoms with van der Waals surface area (Å²) in [7, 11) is -2.34. The number of hydrogen-bond acceptors (Lipinski definition) is 6. The molecule has 2 rings (SSSR count). The Balaban J connectivity index is 2.04. The number of carbonyl (C=O) groups excluding carboxylic acids is 2. The first-order chi connectivity index (χ1) is 14.9. The zero-order valence-electron chi connectivity index (χ0n) is 18.6. The third-order valence-corrected chi connectivity index (χ3v) is 7.68. The van der Waals surface area contributed by atoms with Crippen molar-refractivity contribution in [1.29, 1.82) is 0 Å². The molecule has 0 spiro atoms. The van der Waals surface area contributed by atoms with Gasteiger partial charge in [0.15, 0.2) is 20.4 Å². The van der Waals surface area contributed by atoms with Gasteiger partial charge in [-0.3, -0.25) is 9.59 Å². The lowest BCUT2D eigenvalue weighted by Crippen LogP contribution is -2.44. The number of unbranched alkanes of at least 4 members (excludes halogenated alkanes) is 1. The minimum atomic E-state index is -3.73. The van der Waals surface area contributed by atoms with Crippen LogP contribution in [0.4, 0.5) is 8.78 Å². The molecule has 9 heteroatoms. The van der Waals surface area contributed by atoms with E-state index in [2.05, 4.69) is 0 Å². The van der Waals surface area contributed by atoms with Crippen molar-refractivity contribution in [3.8, 4) is 5.75 Å². The van der Waals surface area contributed by atoms with E-state index in [1.165, 1.54) is 26.2 Å². The van der Waals surface area contributed by atoms with E-state index in [1.807, 2.05) is 0 Å². The number of ether oxygens (including phenoxy) is 2. The van der Waals surface area contributed by atoms with Gasteiger partial charge in [-0.1, -0.05) is 12.8 Å². The normalized spacial score (nSPS) is 18.4. The van der Waals surface area contributed by atoms with Crippen LogP contribution in [0.25, 0.3) is 5.57 Å². The molecule has 1 aliphatic carbocycles. The molecule has 0 aliphatic heterocycles. The fourth-order valence-corrected chi connectivity index (χ4v) is 4.37. The highest BCUT2D eigenvalue weighted by Gasteiger charge is 2.44. The van der Waals surface area contributed by atoms with Crippen LogP contribution in [0.1, 0.15) is 45.1 Å². The highest BCUT2D eigenvalue weighted by molar-refractivity contribution is 7.92. The summed E-state index contributed by atoms with van der Waals surface area (Å²) in [4.78, 5) is 24.7. The molecule has 32 heavy (non-hydrogen) atoms. The Morgan fingerprint density at radius 2 is 1.91 bits per heavy atom. The molecule has 1 aromatic carbocycles. The van der Waals surface area contributed by atoms with Crippen molar-refractivity contribution in [2.24, 2.45) is 5.92 Å². The molecular weight excluding hydrogens is 442 g/mol. The molecule has 0 N–H and O–H groups in total. The van der Waals surface area contributed by atoms with Gasteiger partial charge < -0.3 is 9.47 Å². The number of benzene rings is 1. The molecule has 0 aromatic heterocycles. The van der Waals surface area contributed by atoms with Crippen molar-refractivity contribution in [1.82, 2.24) is 0 Å². The molecule has 1 aromatic rings. The molecule has 0 fully saturated rings. The van der Waals surface area contributed by atoms with E-state index >= 15 is 0 Å². The zero-order chi connectivity index (χ0) is 24.1. The van der Waals surface area contributed by atoms with Gasteiger partial charge in [-0.05, 0) is 51.0 Å². The Morgan fingerprint density at radius 1 is 1.22 bits per heavy atom. The Labute approximate surface area is 187 Å². The van der Waals surface area contributed by atoms with E-state index in [1.54, 1.807) is 6.92 Å². The first kappa shape index (κ1) is 25.7. The van der Waals surface area contributed by atoms with Gasteiger partial charge in [0.1, 0.15) is 17.4 Å². The summed E-state index contributed by atoms with van der Waals surface area (Å²) in [6.45, 7) is 2.98. The average Bonchev–Trinajstić information content (AvgIpc) is 2.72. The number of esters is 1. The Kier molecular flexibility index (Phi) is 8.34. The maximum Gasteiger partial charge on any atom is 0.327 e. The summed E-state index contributed by atoms with van der Waals surface area (Å²) in [5.41, 5.74) is -0.164. The van der Waals surface area contributed by atoms with Crippen molar-refractivity contribution in [3.63, 3.8) is 0 Å². The monoisotopic (exact) mass is 470 g/mol. The van der Waals surface area contributed by atoms with Crippen molar-refractivity contribution in [3.05, 3.63) is 47.6 Å². The van der Waals surface area contributed by atoms with Gasteiger partial charge in [0, 0.05) is 29.4 Å². The first-order valence-corrected chi connectivity index (χ1v) is 12.2. The maximum absolute atomic E-state index is 14.7. The lowest BCUT2D eigenvalue weighted by atomic mass is 9.87.